The van der Waals surface area contributed by atoms with Gasteiger partial charge in [0.1, 0.15) is 10.8 Å². The molecule has 0 amide bonds. The zero-order chi connectivity index (χ0) is 15.7. The van der Waals surface area contributed by atoms with Crippen molar-refractivity contribution in [1.82, 2.24) is 15.0 Å². The van der Waals surface area contributed by atoms with Gasteiger partial charge in [0.25, 0.3) is 5.56 Å². The monoisotopic (exact) mass is 324 g/mol. The molecule has 0 saturated carbocycles. The number of halogens is 2. The highest BCUT2D eigenvalue weighted by Crippen LogP contribution is 2.24. The first kappa shape index (κ1) is 14.9. The van der Waals surface area contributed by atoms with Crippen LogP contribution in [0, 0.1) is 5.95 Å². The maximum atomic E-state index is 13.3. The fourth-order valence-electron chi connectivity index (χ4n) is 2.35. The Morgan fingerprint density at radius 2 is 2.36 bits per heavy atom. The SMILES string of the molecule is C[C@@H]1CN(c2nc(-c3ccnc(F)c3)[nH]c(=O)c2Cl)CCO1. The molecule has 1 fully saturated rings. The number of hydrogen-bond donors (Lipinski definition) is 1. The minimum absolute atomic E-state index is 0.0207. The summed E-state index contributed by atoms with van der Waals surface area (Å²) < 4.78 is 18.7. The molecule has 1 atom stereocenters. The third-order valence-corrected chi connectivity index (χ3v) is 3.73. The van der Waals surface area contributed by atoms with E-state index < -0.39 is 11.5 Å². The van der Waals surface area contributed by atoms with Crippen LogP contribution in [0.2, 0.25) is 5.02 Å². The van der Waals surface area contributed by atoms with Crippen molar-refractivity contribution in [2.24, 2.45) is 0 Å². The van der Waals surface area contributed by atoms with Crippen molar-refractivity contribution >= 4 is 17.4 Å². The molecule has 2 aromatic rings. The smallest absolute Gasteiger partial charge is 0.272 e. The average molecular weight is 325 g/mol. The molecule has 3 rings (SSSR count). The molecule has 22 heavy (non-hydrogen) atoms. The van der Waals surface area contributed by atoms with Gasteiger partial charge in [0.2, 0.25) is 5.95 Å². The third-order valence-electron chi connectivity index (χ3n) is 3.39. The molecule has 0 aliphatic carbocycles. The van der Waals surface area contributed by atoms with E-state index in [4.69, 9.17) is 16.3 Å². The zero-order valence-electron chi connectivity index (χ0n) is 11.8. The van der Waals surface area contributed by atoms with Crippen molar-refractivity contribution < 1.29 is 9.13 Å². The summed E-state index contributed by atoms with van der Waals surface area (Å²) in [6.07, 6.45) is 1.34. The quantitative estimate of drug-likeness (QED) is 0.854. The first-order valence-corrected chi connectivity index (χ1v) is 7.20. The van der Waals surface area contributed by atoms with E-state index in [9.17, 15) is 9.18 Å². The van der Waals surface area contributed by atoms with E-state index in [-0.39, 0.29) is 17.0 Å². The van der Waals surface area contributed by atoms with Gasteiger partial charge in [-0.25, -0.2) is 9.97 Å². The van der Waals surface area contributed by atoms with Gasteiger partial charge in [-0.1, -0.05) is 11.6 Å². The maximum absolute atomic E-state index is 13.3. The van der Waals surface area contributed by atoms with Gasteiger partial charge in [-0.2, -0.15) is 4.39 Å². The predicted octanol–water partition coefficient (Wildman–Crippen LogP) is 1.85. The van der Waals surface area contributed by atoms with Crippen molar-refractivity contribution in [3.8, 4) is 11.4 Å². The Bertz CT molecular complexity index is 752. The van der Waals surface area contributed by atoms with Crippen molar-refractivity contribution in [3.05, 3.63) is 39.7 Å². The van der Waals surface area contributed by atoms with E-state index in [2.05, 4.69) is 15.0 Å². The van der Waals surface area contributed by atoms with Gasteiger partial charge in [0.15, 0.2) is 5.82 Å². The fourth-order valence-corrected chi connectivity index (χ4v) is 2.56. The van der Waals surface area contributed by atoms with Crippen LogP contribution in [0.1, 0.15) is 6.92 Å². The number of nitrogens with one attached hydrogen (secondary N) is 1. The molecule has 1 N–H and O–H groups in total. The van der Waals surface area contributed by atoms with Crippen molar-refractivity contribution in [2.45, 2.75) is 13.0 Å². The first-order valence-electron chi connectivity index (χ1n) is 6.83. The van der Waals surface area contributed by atoms with Gasteiger partial charge >= 0.3 is 0 Å². The largest absolute Gasteiger partial charge is 0.375 e. The summed E-state index contributed by atoms with van der Waals surface area (Å²) >= 11 is 6.09. The molecule has 0 bridgehead atoms. The topological polar surface area (TPSA) is 71.1 Å². The Morgan fingerprint density at radius 3 is 3.09 bits per heavy atom. The van der Waals surface area contributed by atoms with Gasteiger partial charge < -0.3 is 14.6 Å². The second-order valence-corrected chi connectivity index (χ2v) is 5.42. The number of hydrogen-bond acceptors (Lipinski definition) is 5. The Morgan fingerprint density at radius 1 is 1.55 bits per heavy atom. The van der Waals surface area contributed by atoms with Gasteiger partial charge in [0, 0.05) is 30.9 Å². The molecule has 2 aromatic heterocycles. The number of nitrogens with zero attached hydrogens (tertiary/aromatic N) is 3. The molecule has 0 spiro atoms. The highest BCUT2D eigenvalue weighted by Gasteiger charge is 2.22. The maximum Gasteiger partial charge on any atom is 0.272 e. The number of aromatic nitrogens is 3. The molecule has 0 unspecified atom stereocenters. The van der Waals surface area contributed by atoms with Crippen LogP contribution in [0.15, 0.2) is 23.1 Å². The van der Waals surface area contributed by atoms with Gasteiger partial charge in [-0.3, -0.25) is 4.79 Å². The van der Waals surface area contributed by atoms with Crippen LogP contribution in [0.5, 0.6) is 0 Å². The molecule has 0 aromatic carbocycles. The van der Waals surface area contributed by atoms with Crippen molar-refractivity contribution in [2.75, 3.05) is 24.6 Å². The van der Waals surface area contributed by atoms with Gasteiger partial charge in [0.05, 0.1) is 12.7 Å². The Balaban J connectivity index is 2.05. The molecule has 116 valence electrons. The number of H-pyrrole nitrogens is 1. The predicted molar refractivity (Wildman–Crippen MR) is 80.7 cm³/mol. The van der Waals surface area contributed by atoms with Gasteiger partial charge in [-0.05, 0) is 13.0 Å². The second-order valence-electron chi connectivity index (χ2n) is 5.05. The van der Waals surface area contributed by atoms with Crippen LogP contribution in [0.4, 0.5) is 10.2 Å². The van der Waals surface area contributed by atoms with Gasteiger partial charge in [-0.15, -0.1) is 0 Å². The van der Waals surface area contributed by atoms with E-state index in [1.165, 1.54) is 12.3 Å². The number of aromatic amines is 1. The third kappa shape index (κ3) is 2.95. The summed E-state index contributed by atoms with van der Waals surface area (Å²) in [6, 6.07) is 2.78. The number of ether oxygens (including phenoxy) is 1. The zero-order valence-corrected chi connectivity index (χ0v) is 12.6. The summed E-state index contributed by atoms with van der Waals surface area (Å²) in [6.45, 7) is 3.64. The minimum atomic E-state index is -0.642. The Hall–Kier alpha value is -1.99. The van der Waals surface area contributed by atoms with Crippen LogP contribution in [-0.4, -0.2) is 40.8 Å². The first-order chi connectivity index (χ1) is 10.5. The van der Waals surface area contributed by atoms with Crippen LogP contribution in [0.25, 0.3) is 11.4 Å². The standard InChI is InChI=1S/C14H14ClFN4O2/c1-8-7-20(4-5-22-8)13-11(15)14(21)19-12(18-13)9-2-3-17-10(16)6-9/h2-3,6,8H,4-5,7H2,1H3,(H,18,19,21)/t8-/m1/s1. The fraction of sp³-hybridized carbons (Fsp3) is 0.357. The molecule has 1 saturated heterocycles. The molecule has 3 heterocycles. The minimum Gasteiger partial charge on any atom is -0.375 e. The van der Waals surface area contributed by atoms with Crippen LogP contribution < -0.4 is 10.5 Å². The summed E-state index contributed by atoms with van der Waals surface area (Å²) in [5, 5.41) is 0.0207. The summed E-state index contributed by atoms with van der Waals surface area (Å²) in [5.41, 5.74) is -0.0261. The second kappa shape index (κ2) is 6.02. The van der Waals surface area contributed by atoms with Crippen LogP contribution >= 0.6 is 11.6 Å². The number of rotatable bonds is 2. The van der Waals surface area contributed by atoms with Crippen molar-refractivity contribution in [3.63, 3.8) is 0 Å². The number of anilines is 1. The summed E-state index contributed by atoms with van der Waals surface area (Å²) in [4.78, 5) is 24.4. The Labute approximate surface area is 130 Å². The van der Waals surface area contributed by atoms with Crippen LogP contribution in [0.3, 0.4) is 0 Å². The van der Waals surface area contributed by atoms with E-state index in [0.29, 0.717) is 31.1 Å². The lowest BCUT2D eigenvalue weighted by Gasteiger charge is -2.32. The van der Waals surface area contributed by atoms with E-state index in [1.807, 2.05) is 11.8 Å². The summed E-state index contributed by atoms with van der Waals surface area (Å²) in [5.74, 6) is -0.00530. The van der Waals surface area contributed by atoms with E-state index in [1.54, 1.807) is 6.07 Å². The lowest BCUT2D eigenvalue weighted by atomic mass is 10.2. The highest BCUT2D eigenvalue weighted by molar-refractivity contribution is 6.32. The molecule has 0 radical (unpaired) electrons. The molecule has 8 heteroatoms. The molecular formula is C14H14ClFN4O2. The molecule has 6 nitrogen and oxygen atoms in total. The number of morpholine rings is 1. The Kier molecular flexibility index (Phi) is 4.08. The average Bonchev–Trinajstić information content (AvgIpc) is 2.50. The summed E-state index contributed by atoms with van der Waals surface area (Å²) in [7, 11) is 0. The van der Waals surface area contributed by atoms with E-state index >= 15 is 0 Å². The molecule has 1 aliphatic heterocycles. The normalized spacial score (nSPS) is 18.5. The molecule has 1 aliphatic rings. The molecular weight excluding hydrogens is 311 g/mol. The van der Waals surface area contributed by atoms with E-state index in [0.717, 1.165) is 0 Å². The lowest BCUT2D eigenvalue weighted by Crippen LogP contribution is -2.42. The van der Waals surface area contributed by atoms with Crippen molar-refractivity contribution in [1.29, 1.82) is 0 Å². The number of pyridine rings is 1. The van der Waals surface area contributed by atoms with Crippen LogP contribution in [-0.2, 0) is 4.74 Å². The highest BCUT2D eigenvalue weighted by atomic mass is 35.5. The lowest BCUT2D eigenvalue weighted by molar-refractivity contribution is 0.0529.